The van der Waals surface area contributed by atoms with Crippen LogP contribution in [0.4, 0.5) is 11.4 Å². The van der Waals surface area contributed by atoms with Gasteiger partial charge in [0, 0.05) is 30.9 Å². The maximum atomic E-state index is 12.8. The third-order valence-corrected chi connectivity index (χ3v) is 6.47. The van der Waals surface area contributed by atoms with Crippen LogP contribution in [0.15, 0.2) is 65.6 Å². The quantitative estimate of drug-likeness (QED) is 0.397. The molecule has 3 aromatic rings. The van der Waals surface area contributed by atoms with Crippen LogP contribution >= 0.6 is 0 Å². The fourth-order valence-corrected chi connectivity index (χ4v) is 4.36. The molecule has 3 rings (SSSR count). The van der Waals surface area contributed by atoms with Gasteiger partial charge in [-0.3, -0.25) is 19.6 Å². The number of phenols is 1. The number of sulfonamides is 1. The Bertz CT molecular complexity index is 1320. The first-order valence-corrected chi connectivity index (χ1v) is 11.4. The van der Waals surface area contributed by atoms with Gasteiger partial charge in [0.1, 0.15) is 0 Å². The lowest BCUT2D eigenvalue weighted by Gasteiger charge is -2.19. The minimum Gasteiger partial charge on any atom is -0.502 e. The Labute approximate surface area is 191 Å². The van der Waals surface area contributed by atoms with Gasteiger partial charge < -0.3 is 10.0 Å². The Hall–Kier alpha value is -3.92. The largest absolute Gasteiger partial charge is 0.502 e. The van der Waals surface area contributed by atoms with Crippen molar-refractivity contribution in [3.05, 3.63) is 93.0 Å². The number of carbonyl (C=O) groups excluding carboxylic acids is 1. The highest BCUT2D eigenvalue weighted by molar-refractivity contribution is 7.92. The van der Waals surface area contributed by atoms with Gasteiger partial charge in [-0.2, -0.15) is 0 Å². The zero-order valence-electron chi connectivity index (χ0n) is 18.3. The molecule has 2 N–H and O–H groups in total. The molecular weight excluding hydrogens is 446 g/mol. The maximum absolute atomic E-state index is 12.8. The van der Waals surface area contributed by atoms with Gasteiger partial charge in [-0.1, -0.05) is 23.8 Å². The van der Waals surface area contributed by atoms with E-state index in [0.717, 1.165) is 34.9 Å². The second-order valence-corrected chi connectivity index (χ2v) is 9.36. The number of nitrogens with zero attached hydrogens (tertiary/aromatic N) is 2. The Morgan fingerprint density at radius 3 is 2.33 bits per heavy atom. The molecule has 0 radical (unpaired) electrons. The Morgan fingerprint density at radius 2 is 1.73 bits per heavy atom. The number of phenolic OH excluding ortho intramolecular Hbond substituents is 1. The summed E-state index contributed by atoms with van der Waals surface area (Å²) in [6, 6.07) is 14.7. The summed E-state index contributed by atoms with van der Waals surface area (Å²) in [5, 5.41) is 20.5. The number of hydrogen-bond donors (Lipinski definition) is 2. The first kappa shape index (κ1) is 23.7. The highest BCUT2D eigenvalue weighted by Gasteiger charge is 2.21. The number of aryl methyl sites for hydroxylation is 2. The smallest absolute Gasteiger partial charge is 0.312 e. The third kappa shape index (κ3) is 5.47. The van der Waals surface area contributed by atoms with Crippen molar-refractivity contribution in [1.29, 1.82) is 0 Å². The molecular formula is C23H23N3O6S. The summed E-state index contributed by atoms with van der Waals surface area (Å²) in [4.78, 5) is 24.1. The molecule has 33 heavy (non-hydrogen) atoms. The van der Waals surface area contributed by atoms with Crippen LogP contribution in [0.5, 0.6) is 5.75 Å². The summed E-state index contributed by atoms with van der Waals surface area (Å²) >= 11 is 0. The number of nitro groups is 1. The third-order valence-electron chi connectivity index (χ3n) is 5.09. The first-order valence-electron chi connectivity index (χ1n) is 9.90. The first-order chi connectivity index (χ1) is 15.5. The fourth-order valence-electron chi connectivity index (χ4n) is 3.28. The second-order valence-electron chi connectivity index (χ2n) is 7.68. The van der Waals surface area contributed by atoms with Gasteiger partial charge in [0.15, 0.2) is 5.75 Å². The second kappa shape index (κ2) is 9.29. The van der Waals surface area contributed by atoms with Crippen molar-refractivity contribution >= 4 is 27.3 Å². The summed E-state index contributed by atoms with van der Waals surface area (Å²) in [7, 11) is -2.46. The summed E-state index contributed by atoms with van der Waals surface area (Å²) in [6.45, 7) is 4.42. The molecule has 9 nitrogen and oxygen atoms in total. The van der Waals surface area contributed by atoms with Gasteiger partial charge >= 0.3 is 5.69 Å². The van der Waals surface area contributed by atoms with Gasteiger partial charge in [0.25, 0.3) is 15.9 Å². The van der Waals surface area contributed by atoms with Crippen molar-refractivity contribution in [2.75, 3.05) is 11.8 Å². The standard InChI is InChI=1S/C23H23N3O6S/c1-15-4-5-18(16(2)12-15)14-25(3)23(28)17-6-8-19(9-7-17)24-33(31,32)20-10-11-22(27)21(13-20)26(29)30/h4-13,24,27H,14H2,1-3H3. The average molecular weight is 470 g/mol. The van der Waals surface area contributed by atoms with Crippen LogP contribution in [0.25, 0.3) is 0 Å². The van der Waals surface area contributed by atoms with E-state index in [1.807, 2.05) is 26.0 Å². The summed E-state index contributed by atoms with van der Waals surface area (Å²) < 4.78 is 27.5. The molecule has 10 heteroatoms. The lowest BCUT2D eigenvalue weighted by molar-refractivity contribution is -0.386. The highest BCUT2D eigenvalue weighted by atomic mass is 32.2. The molecule has 0 unspecified atom stereocenters. The van der Waals surface area contributed by atoms with Crippen molar-refractivity contribution in [3.63, 3.8) is 0 Å². The lowest BCUT2D eigenvalue weighted by Crippen LogP contribution is -2.26. The number of amides is 1. The maximum Gasteiger partial charge on any atom is 0.312 e. The molecule has 0 spiro atoms. The van der Waals surface area contributed by atoms with Crippen molar-refractivity contribution in [2.45, 2.75) is 25.3 Å². The molecule has 0 saturated carbocycles. The van der Waals surface area contributed by atoms with E-state index in [0.29, 0.717) is 12.1 Å². The molecule has 0 aliphatic rings. The van der Waals surface area contributed by atoms with Gasteiger partial charge in [-0.05, 0) is 61.4 Å². The van der Waals surface area contributed by atoms with Gasteiger partial charge in [0.05, 0.1) is 9.82 Å². The Morgan fingerprint density at radius 1 is 1.06 bits per heavy atom. The van der Waals surface area contributed by atoms with Crippen LogP contribution in [0, 0.1) is 24.0 Å². The molecule has 0 atom stereocenters. The molecule has 172 valence electrons. The molecule has 0 aromatic heterocycles. The number of hydrogen-bond acceptors (Lipinski definition) is 6. The van der Waals surface area contributed by atoms with Crippen LogP contribution in [-0.4, -0.2) is 36.3 Å². The molecule has 1 amide bonds. The minimum atomic E-state index is -4.15. The van der Waals surface area contributed by atoms with Crippen LogP contribution in [0.2, 0.25) is 0 Å². The number of carbonyl (C=O) groups is 1. The van der Waals surface area contributed by atoms with E-state index >= 15 is 0 Å². The number of rotatable bonds is 7. The van der Waals surface area contributed by atoms with Crippen molar-refractivity contribution in [1.82, 2.24) is 4.90 Å². The molecule has 0 saturated heterocycles. The van der Waals surface area contributed by atoms with Gasteiger partial charge in [0.2, 0.25) is 0 Å². The van der Waals surface area contributed by atoms with Gasteiger partial charge in [-0.25, -0.2) is 8.42 Å². The van der Waals surface area contributed by atoms with Crippen molar-refractivity contribution < 1.29 is 23.2 Å². The average Bonchev–Trinajstić information content (AvgIpc) is 2.75. The van der Waals surface area contributed by atoms with E-state index in [2.05, 4.69) is 10.8 Å². The molecule has 0 bridgehead atoms. The molecule has 0 aliphatic carbocycles. The van der Waals surface area contributed by atoms with Crippen LogP contribution < -0.4 is 4.72 Å². The van der Waals surface area contributed by atoms with E-state index in [1.54, 1.807) is 11.9 Å². The summed E-state index contributed by atoms with van der Waals surface area (Å²) in [5.41, 5.74) is 3.11. The van der Waals surface area contributed by atoms with Crippen LogP contribution in [0.1, 0.15) is 27.0 Å². The molecule has 3 aromatic carbocycles. The number of benzene rings is 3. The van der Waals surface area contributed by atoms with Gasteiger partial charge in [-0.15, -0.1) is 0 Å². The topological polar surface area (TPSA) is 130 Å². The van der Waals surface area contributed by atoms with E-state index in [-0.39, 0.29) is 16.5 Å². The van der Waals surface area contributed by atoms with E-state index < -0.39 is 26.4 Å². The molecule has 0 heterocycles. The van der Waals surface area contributed by atoms with E-state index in [4.69, 9.17) is 0 Å². The zero-order chi connectivity index (χ0) is 24.3. The van der Waals surface area contributed by atoms with E-state index in [9.17, 15) is 28.4 Å². The van der Waals surface area contributed by atoms with Crippen molar-refractivity contribution in [2.24, 2.45) is 0 Å². The van der Waals surface area contributed by atoms with E-state index in [1.165, 1.54) is 24.3 Å². The predicted octanol–water partition coefficient (Wildman–Crippen LogP) is 3.99. The normalized spacial score (nSPS) is 11.1. The highest BCUT2D eigenvalue weighted by Crippen LogP contribution is 2.29. The predicted molar refractivity (Wildman–Crippen MR) is 124 cm³/mol. The molecule has 0 fully saturated rings. The van der Waals surface area contributed by atoms with Crippen LogP contribution in [-0.2, 0) is 16.6 Å². The SMILES string of the molecule is Cc1ccc(CN(C)C(=O)c2ccc(NS(=O)(=O)c3ccc(O)c([N+](=O)[O-])c3)cc2)c(C)c1. The molecule has 0 aliphatic heterocycles. The lowest BCUT2D eigenvalue weighted by atomic mass is 10.1. The van der Waals surface area contributed by atoms with Crippen molar-refractivity contribution in [3.8, 4) is 5.75 Å². The number of nitro benzene ring substituents is 1. The number of anilines is 1. The minimum absolute atomic E-state index is 0.180. The van der Waals surface area contributed by atoms with Crippen LogP contribution in [0.3, 0.4) is 0 Å². The summed E-state index contributed by atoms with van der Waals surface area (Å²) in [6.07, 6.45) is 0. The monoisotopic (exact) mass is 469 g/mol. The number of aromatic hydroxyl groups is 1. The summed E-state index contributed by atoms with van der Waals surface area (Å²) in [5.74, 6) is -0.856. The Kier molecular flexibility index (Phi) is 6.68. The zero-order valence-corrected chi connectivity index (χ0v) is 19.1. The fraction of sp³-hybridized carbons (Fsp3) is 0.174. The number of nitrogens with one attached hydrogen (secondary N) is 1. The Balaban J connectivity index is 1.73.